The van der Waals surface area contributed by atoms with Gasteiger partial charge in [0.15, 0.2) is 0 Å². The van der Waals surface area contributed by atoms with Gasteiger partial charge in [-0.2, -0.15) is 8.42 Å². The van der Waals surface area contributed by atoms with Crippen LogP contribution in [0.2, 0.25) is 0 Å². The van der Waals surface area contributed by atoms with Crippen LogP contribution in [0.15, 0.2) is 78.9 Å². The van der Waals surface area contributed by atoms with E-state index in [1.54, 1.807) is 12.1 Å². The van der Waals surface area contributed by atoms with Crippen LogP contribution >= 0.6 is 0 Å². The number of piperazine rings is 1. The Bertz CT molecular complexity index is 1310. The van der Waals surface area contributed by atoms with Crippen LogP contribution in [-0.4, -0.2) is 63.5 Å². The second kappa shape index (κ2) is 12.6. The predicted molar refractivity (Wildman–Crippen MR) is 156 cm³/mol. The predicted octanol–water partition coefficient (Wildman–Crippen LogP) is 5.29. The molecule has 7 heteroatoms. The average Bonchev–Trinajstić information content (AvgIpc) is 2.91. The molecule has 3 aromatic rings. The quantitative estimate of drug-likeness (QED) is 0.282. The lowest BCUT2D eigenvalue weighted by molar-refractivity contribution is 0.209. The summed E-state index contributed by atoms with van der Waals surface area (Å²) in [5.74, 6) is 0.281. The number of aliphatic hydroxyl groups excluding tert-OH is 1. The Kier molecular flexibility index (Phi) is 9.26. The summed E-state index contributed by atoms with van der Waals surface area (Å²) in [6, 6.07) is 26.7. The molecule has 1 fully saturated rings. The van der Waals surface area contributed by atoms with Gasteiger partial charge in [0.25, 0.3) is 0 Å². The lowest BCUT2D eigenvalue weighted by Crippen LogP contribution is -2.48. The van der Waals surface area contributed by atoms with Gasteiger partial charge in [0.05, 0.1) is 6.26 Å². The van der Waals surface area contributed by atoms with Crippen molar-refractivity contribution in [1.29, 1.82) is 0 Å². The minimum absolute atomic E-state index is 0.103. The number of hydrogen-bond donors (Lipinski definition) is 1. The zero-order valence-electron chi connectivity index (χ0n) is 22.5. The Labute approximate surface area is 227 Å². The summed E-state index contributed by atoms with van der Waals surface area (Å²) >= 11 is 0. The van der Waals surface area contributed by atoms with Crippen molar-refractivity contribution in [2.45, 2.75) is 32.7 Å². The molecule has 0 bridgehead atoms. The van der Waals surface area contributed by atoms with Crippen LogP contribution in [-0.2, 0) is 10.1 Å². The molecule has 0 saturated carbocycles. The van der Waals surface area contributed by atoms with E-state index in [9.17, 15) is 13.5 Å². The van der Waals surface area contributed by atoms with E-state index in [1.165, 1.54) is 5.69 Å². The molecule has 0 radical (unpaired) electrons. The molecule has 1 aliphatic heterocycles. The second-order valence-electron chi connectivity index (χ2n) is 10.0. The summed E-state index contributed by atoms with van der Waals surface area (Å²) in [5.41, 5.74) is 6.54. The maximum atomic E-state index is 11.6. The number of rotatable bonds is 10. The van der Waals surface area contributed by atoms with E-state index in [4.69, 9.17) is 4.18 Å². The van der Waals surface area contributed by atoms with Crippen molar-refractivity contribution in [3.63, 3.8) is 0 Å². The van der Waals surface area contributed by atoms with Gasteiger partial charge in [0.1, 0.15) is 5.75 Å². The van der Waals surface area contributed by atoms with E-state index in [0.29, 0.717) is 18.9 Å². The molecule has 1 heterocycles. The van der Waals surface area contributed by atoms with Crippen molar-refractivity contribution >= 4 is 27.0 Å². The van der Waals surface area contributed by atoms with Crippen molar-refractivity contribution in [3.05, 3.63) is 95.6 Å². The second-order valence-corrected chi connectivity index (χ2v) is 11.6. The third-order valence-electron chi connectivity index (χ3n) is 6.97. The summed E-state index contributed by atoms with van der Waals surface area (Å²) < 4.78 is 28.3. The molecular weight excluding hydrogens is 496 g/mol. The van der Waals surface area contributed by atoms with Gasteiger partial charge >= 0.3 is 10.1 Å². The highest BCUT2D eigenvalue weighted by Crippen LogP contribution is 2.36. The molecule has 0 amide bonds. The van der Waals surface area contributed by atoms with Crippen molar-refractivity contribution in [3.8, 4) is 5.75 Å². The summed E-state index contributed by atoms with van der Waals surface area (Å²) in [7, 11) is -3.61. The number of hydrogen-bond acceptors (Lipinski definition) is 6. The Morgan fingerprint density at radius 2 is 1.42 bits per heavy atom. The van der Waals surface area contributed by atoms with E-state index in [2.05, 4.69) is 60.0 Å². The Morgan fingerprint density at radius 3 is 1.95 bits per heavy atom. The molecule has 202 valence electrons. The van der Waals surface area contributed by atoms with Crippen molar-refractivity contribution in [2.75, 3.05) is 43.9 Å². The molecule has 3 aromatic carbocycles. The van der Waals surface area contributed by atoms with Crippen LogP contribution in [0.5, 0.6) is 5.75 Å². The van der Waals surface area contributed by atoms with Crippen LogP contribution in [0.1, 0.15) is 43.4 Å². The van der Waals surface area contributed by atoms with E-state index in [1.807, 2.05) is 30.3 Å². The minimum Gasteiger partial charge on any atom is -0.396 e. The van der Waals surface area contributed by atoms with Crippen LogP contribution in [0.4, 0.5) is 5.69 Å². The molecule has 1 aliphatic rings. The molecule has 1 N–H and O–H groups in total. The van der Waals surface area contributed by atoms with Crippen molar-refractivity contribution in [1.82, 2.24) is 4.90 Å². The first kappa shape index (κ1) is 27.9. The van der Waals surface area contributed by atoms with Gasteiger partial charge in [-0.15, -0.1) is 0 Å². The third kappa shape index (κ3) is 7.25. The van der Waals surface area contributed by atoms with Crippen LogP contribution in [0, 0.1) is 0 Å². The fourth-order valence-corrected chi connectivity index (χ4v) is 5.47. The van der Waals surface area contributed by atoms with Gasteiger partial charge in [-0.25, -0.2) is 0 Å². The zero-order chi connectivity index (χ0) is 27.1. The van der Waals surface area contributed by atoms with Crippen molar-refractivity contribution in [2.24, 2.45) is 0 Å². The molecule has 6 nitrogen and oxygen atoms in total. The molecule has 4 rings (SSSR count). The first-order valence-corrected chi connectivity index (χ1v) is 15.1. The maximum absolute atomic E-state index is 11.6. The summed E-state index contributed by atoms with van der Waals surface area (Å²) in [6.45, 7) is 8.74. The summed E-state index contributed by atoms with van der Waals surface area (Å²) in [5, 5.41) is 9.66. The third-order valence-corrected chi connectivity index (χ3v) is 7.46. The normalized spacial score (nSPS) is 15.4. The highest BCUT2D eigenvalue weighted by Gasteiger charge is 2.20. The molecule has 0 aromatic heterocycles. The van der Waals surface area contributed by atoms with Gasteiger partial charge in [-0.05, 0) is 78.8 Å². The molecule has 38 heavy (non-hydrogen) atoms. The number of aliphatic hydroxyl groups is 1. The van der Waals surface area contributed by atoms with E-state index < -0.39 is 10.1 Å². The first-order chi connectivity index (χ1) is 18.2. The molecule has 1 saturated heterocycles. The molecule has 0 spiro atoms. The van der Waals surface area contributed by atoms with Crippen LogP contribution < -0.4 is 9.08 Å². The molecule has 0 aliphatic carbocycles. The smallest absolute Gasteiger partial charge is 0.306 e. The maximum Gasteiger partial charge on any atom is 0.306 e. The van der Waals surface area contributed by atoms with Crippen LogP contribution in [0.25, 0.3) is 11.1 Å². The van der Waals surface area contributed by atoms with Gasteiger partial charge in [-0.1, -0.05) is 54.6 Å². The van der Waals surface area contributed by atoms with E-state index in [0.717, 1.165) is 60.3 Å². The topological polar surface area (TPSA) is 70.1 Å². The van der Waals surface area contributed by atoms with E-state index in [-0.39, 0.29) is 12.4 Å². The summed E-state index contributed by atoms with van der Waals surface area (Å²) in [6.07, 6.45) is 2.39. The van der Waals surface area contributed by atoms with Gasteiger partial charge < -0.3 is 14.2 Å². The van der Waals surface area contributed by atoms with Crippen LogP contribution in [0.3, 0.4) is 0 Å². The Balaban J connectivity index is 1.73. The molecule has 0 unspecified atom stereocenters. The fourth-order valence-electron chi connectivity index (χ4n) is 5.01. The Hall–Kier alpha value is -3.13. The Morgan fingerprint density at radius 1 is 0.842 bits per heavy atom. The number of allylic oxidation sites excluding steroid dienone is 1. The van der Waals surface area contributed by atoms with Gasteiger partial charge in [-0.3, -0.25) is 4.90 Å². The van der Waals surface area contributed by atoms with Gasteiger partial charge in [0.2, 0.25) is 0 Å². The highest BCUT2D eigenvalue weighted by molar-refractivity contribution is 7.86. The monoisotopic (exact) mass is 534 g/mol. The lowest BCUT2D eigenvalue weighted by Gasteiger charge is -2.38. The number of benzene rings is 3. The number of anilines is 1. The average molecular weight is 535 g/mol. The number of nitrogens with zero attached hydrogens (tertiary/aromatic N) is 2. The minimum atomic E-state index is -3.61. The zero-order valence-corrected chi connectivity index (χ0v) is 23.3. The van der Waals surface area contributed by atoms with Gasteiger partial charge in [0, 0.05) is 44.5 Å². The fraction of sp³-hybridized carbons (Fsp3) is 0.355. The molecular formula is C31H38N2O4S. The lowest BCUT2D eigenvalue weighted by atomic mass is 9.87. The van der Waals surface area contributed by atoms with Crippen molar-refractivity contribution < 1.29 is 17.7 Å². The summed E-state index contributed by atoms with van der Waals surface area (Å²) in [4.78, 5) is 4.95. The highest BCUT2D eigenvalue weighted by atomic mass is 32.2. The first-order valence-electron chi connectivity index (χ1n) is 13.2. The SMILES string of the molecule is CC(C)N1CCN(c2ccc(/C(=C(/CCCO)c3ccccc3)c3ccc(OS(C)(=O)=O)cc3)cc2)CC1. The largest absolute Gasteiger partial charge is 0.396 e. The molecule has 0 atom stereocenters. The standard InChI is InChI=1S/C31H38N2O4S/c1-24(2)32-19-21-33(22-20-32)28-15-11-26(12-16-28)31(27-13-17-29(18-14-27)37-38(3,35)36)30(10-7-23-34)25-8-5-4-6-9-25/h4-6,8-9,11-18,24,34H,7,10,19-23H2,1-3H3/b31-30+. The van der Waals surface area contributed by atoms with E-state index >= 15 is 0 Å².